The third-order valence-electron chi connectivity index (χ3n) is 4.57. The number of hydrogen-bond donors (Lipinski definition) is 1. The number of hydrogen-bond acceptors (Lipinski definition) is 4. The Hall–Kier alpha value is -2.43. The number of aromatic nitrogens is 2. The maximum atomic E-state index is 12.7. The summed E-state index contributed by atoms with van der Waals surface area (Å²) in [6.07, 6.45) is 3.35. The van der Waals surface area contributed by atoms with Gasteiger partial charge in [0.15, 0.2) is 0 Å². The smallest absolute Gasteiger partial charge is 0.272 e. The van der Waals surface area contributed by atoms with Crippen molar-refractivity contribution in [3.63, 3.8) is 0 Å². The van der Waals surface area contributed by atoms with Crippen LogP contribution in [0.25, 0.3) is 0 Å². The van der Waals surface area contributed by atoms with Crippen LogP contribution >= 0.6 is 0 Å². The molecular weight excluding hydrogens is 300 g/mol. The molecule has 0 atom stereocenters. The summed E-state index contributed by atoms with van der Waals surface area (Å²) in [6, 6.07) is 7.84. The SMILES string of the molecule is Cc1cc(C(=O)N2CCCCC2)nc(Nc2cccc(C)c2C)n1. The molecule has 1 aliphatic heterocycles. The van der Waals surface area contributed by atoms with Crippen LogP contribution in [0.5, 0.6) is 0 Å². The van der Waals surface area contributed by atoms with Crippen LogP contribution in [0.4, 0.5) is 11.6 Å². The van der Waals surface area contributed by atoms with Gasteiger partial charge in [-0.15, -0.1) is 0 Å². The molecule has 1 aromatic heterocycles. The molecule has 5 nitrogen and oxygen atoms in total. The average Bonchev–Trinajstić information content (AvgIpc) is 2.58. The lowest BCUT2D eigenvalue weighted by Crippen LogP contribution is -2.36. The highest BCUT2D eigenvalue weighted by atomic mass is 16.2. The summed E-state index contributed by atoms with van der Waals surface area (Å²) in [5, 5.41) is 3.26. The predicted octanol–water partition coefficient (Wildman–Crippen LogP) is 3.77. The standard InChI is InChI=1S/C19H24N4O/c1-13-8-7-9-16(15(13)3)21-19-20-14(2)12-17(22-19)18(24)23-10-5-4-6-11-23/h7-9,12H,4-6,10-11H2,1-3H3,(H,20,21,22). The molecule has 0 bridgehead atoms. The van der Waals surface area contributed by atoms with Crippen LogP contribution in [0.3, 0.4) is 0 Å². The van der Waals surface area contributed by atoms with Crippen LogP contribution in [-0.4, -0.2) is 33.9 Å². The molecular formula is C19H24N4O. The molecule has 2 aromatic rings. The van der Waals surface area contributed by atoms with Crippen molar-refractivity contribution < 1.29 is 4.79 Å². The zero-order chi connectivity index (χ0) is 17.1. The fourth-order valence-electron chi connectivity index (χ4n) is 3.00. The van der Waals surface area contributed by atoms with E-state index >= 15 is 0 Å². The van der Waals surface area contributed by atoms with E-state index in [1.165, 1.54) is 12.0 Å². The first-order chi connectivity index (χ1) is 11.5. The second-order valence-corrected chi connectivity index (χ2v) is 6.44. The summed E-state index contributed by atoms with van der Waals surface area (Å²) >= 11 is 0. The molecule has 1 fully saturated rings. The van der Waals surface area contributed by atoms with E-state index in [-0.39, 0.29) is 5.91 Å². The normalized spacial score (nSPS) is 14.5. The minimum atomic E-state index is 0.00390. The maximum absolute atomic E-state index is 12.7. The number of benzene rings is 1. The van der Waals surface area contributed by atoms with Crippen LogP contribution in [0.2, 0.25) is 0 Å². The fraction of sp³-hybridized carbons (Fsp3) is 0.421. The summed E-state index contributed by atoms with van der Waals surface area (Å²) < 4.78 is 0. The molecule has 1 aromatic carbocycles. The first-order valence-corrected chi connectivity index (χ1v) is 8.53. The summed E-state index contributed by atoms with van der Waals surface area (Å²) in [4.78, 5) is 23.5. The third kappa shape index (κ3) is 3.55. The van der Waals surface area contributed by atoms with E-state index in [0.29, 0.717) is 11.6 Å². The first-order valence-electron chi connectivity index (χ1n) is 8.53. The van der Waals surface area contributed by atoms with Gasteiger partial charge in [0.05, 0.1) is 0 Å². The van der Waals surface area contributed by atoms with Crippen molar-refractivity contribution in [2.45, 2.75) is 40.0 Å². The Morgan fingerprint density at radius 2 is 1.83 bits per heavy atom. The van der Waals surface area contributed by atoms with E-state index in [9.17, 15) is 4.79 Å². The van der Waals surface area contributed by atoms with Gasteiger partial charge in [-0.1, -0.05) is 12.1 Å². The Morgan fingerprint density at radius 1 is 1.08 bits per heavy atom. The minimum absolute atomic E-state index is 0.00390. The van der Waals surface area contributed by atoms with E-state index in [2.05, 4.69) is 35.2 Å². The highest BCUT2D eigenvalue weighted by Gasteiger charge is 2.20. The number of piperidine rings is 1. The zero-order valence-electron chi connectivity index (χ0n) is 14.6. The predicted molar refractivity (Wildman–Crippen MR) is 95.7 cm³/mol. The average molecular weight is 324 g/mol. The van der Waals surface area contributed by atoms with Gasteiger partial charge in [0.1, 0.15) is 5.69 Å². The minimum Gasteiger partial charge on any atom is -0.337 e. The third-order valence-corrected chi connectivity index (χ3v) is 4.57. The molecule has 24 heavy (non-hydrogen) atoms. The highest BCUT2D eigenvalue weighted by Crippen LogP contribution is 2.22. The van der Waals surface area contributed by atoms with Gasteiger partial charge in [0, 0.05) is 24.5 Å². The van der Waals surface area contributed by atoms with Gasteiger partial charge < -0.3 is 10.2 Å². The Bertz CT molecular complexity index is 751. The van der Waals surface area contributed by atoms with Crippen LogP contribution in [-0.2, 0) is 0 Å². The molecule has 2 heterocycles. The summed E-state index contributed by atoms with van der Waals surface area (Å²) in [5.74, 6) is 0.480. The molecule has 1 aliphatic rings. The molecule has 3 rings (SSSR count). The number of carbonyl (C=O) groups excluding carboxylic acids is 1. The number of carbonyl (C=O) groups is 1. The largest absolute Gasteiger partial charge is 0.337 e. The fourth-order valence-corrected chi connectivity index (χ4v) is 3.00. The number of aryl methyl sites for hydroxylation is 2. The highest BCUT2D eigenvalue weighted by molar-refractivity contribution is 5.92. The Labute approximate surface area is 143 Å². The van der Waals surface area contributed by atoms with Crippen molar-refractivity contribution in [3.05, 3.63) is 46.8 Å². The molecule has 0 spiro atoms. The van der Waals surface area contributed by atoms with Crippen LogP contribution < -0.4 is 5.32 Å². The number of nitrogens with one attached hydrogen (secondary N) is 1. The van der Waals surface area contributed by atoms with E-state index in [1.807, 2.05) is 24.0 Å². The lowest BCUT2D eigenvalue weighted by molar-refractivity contribution is 0.0718. The molecule has 0 unspecified atom stereocenters. The molecule has 0 saturated carbocycles. The lowest BCUT2D eigenvalue weighted by atomic mass is 10.1. The van der Waals surface area contributed by atoms with Gasteiger partial charge in [-0.2, -0.15) is 0 Å². The van der Waals surface area contributed by atoms with Gasteiger partial charge in [0.25, 0.3) is 5.91 Å². The Morgan fingerprint density at radius 3 is 2.58 bits per heavy atom. The number of amides is 1. The van der Waals surface area contributed by atoms with Crippen molar-refractivity contribution in [1.29, 1.82) is 0 Å². The van der Waals surface area contributed by atoms with Crippen molar-refractivity contribution in [2.75, 3.05) is 18.4 Å². The van der Waals surface area contributed by atoms with E-state index in [4.69, 9.17) is 0 Å². The van der Waals surface area contributed by atoms with E-state index in [1.54, 1.807) is 6.07 Å². The summed E-state index contributed by atoms with van der Waals surface area (Å²) in [7, 11) is 0. The van der Waals surface area contributed by atoms with Gasteiger partial charge in [-0.25, -0.2) is 9.97 Å². The Kier molecular flexibility index (Phi) is 4.79. The zero-order valence-corrected chi connectivity index (χ0v) is 14.6. The second kappa shape index (κ2) is 6.99. The van der Waals surface area contributed by atoms with Crippen LogP contribution in [0, 0.1) is 20.8 Å². The number of anilines is 2. The van der Waals surface area contributed by atoms with E-state index in [0.717, 1.165) is 42.9 Å². The van der Waals surface area contributed by atoms with Crippen LogP contribution in [0.15, 0.2) is 24.3 Å². The topological polar surface area (TPSA) is 58.1 Å². The quantitative estimate of drug-likeness (QED) is 0.933. The number of nitrogens with zero attached hydrogens (tertiary/aromatic N) is 3. The maximum Gasteiger partial charge on any atom is 0.272 e. The van der Waals surface area contributed by atoms with Gasteiger partial charge >= 0.3 is 0 Å². The number of likely N-dealkylation sites (tertiary alicyclic amines) is 1. The summed E-state index contributed by atoms with van der Waals surface area (Å²) in [6.45, 7) is 7.67. The molecule has 1 amide bonds. The molecule has 5 heteroatoms. The summed E-state index contributed by atoms with van der Waals surface area (Å²) in [5.41, 5.74) is 4.59. The monoisotopic (exact) mass is 324 g/mol. The van der Waals surface area contributed by atoms with E-state index < -0.39 is 0 Å². The van der Waals surface area contributed by atoms with Crippen molar-refractivity contribution in [1.82, 2.24) is 14.9 Å². The lowest BCUT2D eigenvalue weighted by Gasteiger charge is -2.26. The first kappa shape index (κ1) is 16.4. The second-order valence-electron chi connectivity index (χ2n) is 6.44. The van der Waals surface area contributed by atoms with Crippen molar-refractivity contribution >= 4 is 17.5 Å². The van der Waals surface area contributed by atoms with Crippen LogP contribution in [0.1, 0.15) is 46.6 Å². The van der Waals surface area contributed by atoms with Gasteiger partial charge in [-0.05, 0) is 63.3 Å². The molecule has 1 N–H and O–H groups in total. The van der Waals surface area contributed by atoms with Crippen molar-refractivity contribution in [2.24, 2.45) is 0 Å². The van der Waals surface area contributed by atoms with Gasteiger partial charge in [0.2, 0.25) is 5.95 Å². The molecule has 126 valence electrons. The number of rotatable bonds is 3. The Balaban J connectivity index is 1.86. The molecule has 1 saturated heterocycles. The van der Waals surface area contributed by atoms with Gasteiger partial charge in [-0.3, -0.25) is 4.79 Å². The van der Waals surface area contributed by atoms with Crippen molar-refractivity contribution in [3.8, 4) is 0 Å². The molecule has 0 aliphatic carbocycles. The molecule has 0 radical (unpaired) electrons.